The van der Waals surface area contributed by atoms with E-state index in [9.17, 15) is 4.39 Å². The summed E-state index contributed by atoms with van der Waals surface area (Å²) in [6.07, 6.45) is 0. The summed E-state index contributed by atoms with van der Waals surface area (Å²) in [6, 6.07) is 4.60. The van der Waals surface area contributed by atoms with E-state index < -0.39 is 0 Å². The van der Waals surface area contributed by atoms with Gasteiger partial charge in [-0.1, -0.05) is 0 Å². The first-order valence-corrected chi connectivity index (χ1v) is 6.37. The lowest BCUT2D eigenvalue weighted by Gasteiger charge is -2.59. The van der Waals surface area contributed by atoms with Gasteiger partial charge in [0, 0.05) is 17.5 Å². The largest absolute Gasteiger partial charge is 0.496 e. The van der Waals surface area contributed by atoms with Crippen LogP contribution in [-0.4, -0.2) is 40.1 Å². The molecule has 0 unspecified atom stereocenters. The maximum Gasteiger partial charge on any atom is 0.123 e. The Morgan fingerprint density at radius 2 is 1.95 bits per heavy atom. The van der Waals surface area contributed by atoms with Gasteiger partial charge in [-0.05, 0) is 18.2 Å². The van der Waals surface area contributed by atoms with Gasteiger partial charge in [0.05, 0.1) is 39.0 Å². The molecule has 1 aromatic rings. The Morgan fingerprint density at radius 1 is 1.26 bits per heavy atom. The second-order valence-electron chi connectivity index (χ2n) is 5.40. The average Bonchev–Trinajstić information content (AvgIpc) is 2.31. The van der Waals surface area contributed by atoms with Gasteiger partial charge in [-0.2, -0.15) is 0 Å². The lowest BCUT2D eigenvalue weighted by Crippen LogP contribution is -2.69. The lowest BCUT2D eigenvalue weighted by atomic mass is 9.57. The highest BCUT2D eigenvalue weighted by Gasteiger charge is 2.61. The van der Waals surface area contributed by atoms with E-state index in [0.717, 1.165) is 5.56 Å². The first kappa shape index (κ1) is 12.8. The highest BCUT2D eigenvalue weighted by Crippen LogP contribution is 2.53. The molecule has 2 N–H and O–H groups in total. The molecule has 0 bridgehead atoms. The van der Waals surface area contributed by atoms with Crippen LogP contribution < -0.4 is 10.5 Å². The van der Waals surface area contributed by atoms with Crippen LogP contribution in [0, 0.1) is 11.2 Å². The van der Waals surface area contributed by atoms with Crippen LogP contribution in [-0.2, 0) is 14.9 Å². The summed E-state index contributed by atoms with van der Waals surface area (Å²) >= 11 is 0. The lowest BCUT2D eigenvalue weighted by molar-refractivity contribution is -0.224. The Labute approximate surface area is 111 Å². The molecule has 0 saturated carbocycles. The molecular formula is C14H18FNO3. The number of ether oxygens (including phenoxy) is 3. The average molecular weight is 267 g/mol. The molecule has 0 atom stereocenters. The van der Waals surface area contributed by atoms with Gasteiger partial charge >= 0.3 is 0 Å². The van der Waals surface area contributed by atoms with Crippen LogP contribution in [0.4, 0.5) is 4.39 Å². The van der Waals surface area contributed by atoms with Crippen molar-refractivity contribution in [2.24, 2.45) is 11.1 Å². The summed E-state index contributed by atoms with van der Waals surface area (Å²) in [5.41, 5.74) is 6.33. The van der Waals surface area contributed by atoms with Gasteiger partial charge in [-0.25, -0.2) is 4.39 Å². The van der Waals surface area contributed by atoms with Gasteiger partial charge in [-0.3, -0.25) is 0 Å². The van der Waals surface area contributed by atoms with E-state index >= 15 is 0 Å². The van der Waals surface area contributed by atoms with E-state index in [-0.39, 0.29) is 16.6 Å². The third-order valence-corrected chi connectivity index (χ3v) is 4.54. The van der Waals surface area contributed by atoms with Gasteiger partial charge in [-0.15, -0.1) is 0 Å². The van der Waals surface area contributed by atoms with Crippen LogP contribution in [0.1, 0.15) is 5.56 Å². The summed E-state index contributed by atoms with van der Waals surface area (Å²) in [6.45, 7) is 2.75. The van der Waals surface area contributed by atoms with Crippen LogP contribution in [0.3, 0.4) is 0 Å². The second-order valence-corrected chi connectivity index (χ2v) is 5.40. The SMILES string of the molecule is COc1ccc(F)cc1C1(C2(CN)COC2)COC1. The molecule has 104 valence electrons. The second kappa shape index (κ2) is 4.44. The normalized spacial score (nSPS) is 23.3. The van der Waals surface area contributed by atoms with E-state index in [4.69, 9.17) is 19.9 Å². The molecule has 0 amide bonds. The van der Waals surface area contributed by atoms with Crippen molar-refractivity contribution in [2.75, 3.05) is 40.1 Å². The maximum atomic E-state index is 13.6. The third kappa shape index (κ3) is 1.62. The molecule has 19 heavy (non-hydrogen) atoms. The maximum absolute atomic E-state index is 13.6. The molecule has 4 nitrogen and oxygen atoms in total. The predicted octanol–water partition coefficient (Wildman–Crippen LogP) is 1.08. The zero-order valence-corrected chi connectivity index (χ0v) is 10.9. The minimum absolute atomic E-state index is 0.174. The third-order valence-electron chi connectivity index (χ3n) is 4.54. The number of methoxy groups -OCH3 is 1. The molecule has 5 heteroatoms. The Kier molecular flexibility index (Phi) is 3.00. The molecule has 0 radical (unpaired) electrons. The van der Waals surface area contributed by atoms with Crippen molar-refractivity contribution in [2.45, 2.75) is 5.41 Å². The first-order chi connectivity index (χ1) is 9.17. The number of hydrogen-bond acceptors (Lipinski definition) is 4. The van der Waals surface area contributed by atoms with Crippen molar-refractivity contribution in [3.63, 3.8) is 0 Å². The van der Waals surface area contributed by atoms with Crippen molar-refractivity contribution in [3.05, 3.63) is 29.6 Å². The van der Waals surface area contributed by atoms with E-state index in [0.29, 0.717) is 38.7 Å². The minimum atomic E-state index is -0.298. The molecule has 0 aromatic heterocycles. The predicted molar refractivity (Wildman–Crippen MR) is 67.8 cm³/mol. The summed E-state index contributed by atoms with van der Waals surface area (Å²) in [5.74, 6) is 0.416. The van der Waals surface area contributed by atoms with Crippen LogP contribution >= 0.6 is 0 Å². The van der Waals surface area contributed by atoms with Gasteiger partial charge in [0.25, 0.3) is 0 Å². The number of nitrogens with two attached hydrogens (primary N) is 1. The van der Waals surface area contributed by atoms with Gasteiger partial charge < -0.3 is 19.9 Å². The Bertz CT molecular complexity index is 478. The molecule has 0 spiro atoms. The van der Waals surface area contributed by atoms with Crippen LogP contribution in [0.15, 0.2) is 18.2 Å². The zero-order valence-electron chi connectivity index (χ0n) is 10.9. The van der Waals surface area contributed by atoms with E-state index in [1.54, 1.807) is 13.2 Å². The zero-order chi connectivity index (χ0) is 13.5. The molecule has 2 fully saturated rings. The Balaban J connectivity index is 2.09. The van der Waals surface area contributed by atoms with Crippen LogP contribution in [0.5, 0.6) is 5.75 Å². The van der Waals surface area contributed by atoms with Crippen molar-refractivity contribution < 1.29 is 18.6 Å². The monoisotopic (exact) mass is 267 g/mol. The van der Waals surface area contributed by atoms with E-state index in [2.05, 4.69) is 0 Å². The van der Waals surface area contributed by atoms with Gasteiger partial charge in [0.2, 0.25) is 0 Å². The van der Waals surface area contributed by atoms with Crippen molar-refractivity contribution in [1.29, 1.82) is 0 Å². The smallest absolute Gasteiger partial charge is 0.123 e. The molecule has 2 aliphatic rings. The molecular weight excluding hydrogens is 249 g/mol. The molecule has 1 aromatic carbocycles. The summed E-state index contributed by atoms with van der Waals surface area (Å²) < 4.78 is 29.8. The molecule has 2 heterocycles. The quantitative estimate of drug-likeness (QED) is 0.887. The van der Waals surface area contributed by atoms with Crippen molar-refractivity contribution in [1.82, 2.24) is 0 Å². The first-order valence-electron chi connectivity index (χ1n) is 6.37. The minimum Gasteiger partial charge on any atom is -0.496 e. The summed E-state index contributed by atoms with van der Waals surface area (Å²) in [4.78, 5) is 0. The number of benzene rings is 1. The fourth-order valence-corrected chi connectivity index (χ4v) is 3.05. The summed E-state index contributed by atoms with van der Waals surface area (Å²) in [5, 5.41) is 0. The van der Waals surface area contributed by atoms with Gasteiger partial charge in [0.1, 0.15) is 11.6 Å². The number of halogens is 1. The van der Waals surface area contributed by atoms with Crippen molar-refractivity contribution >= 4 is 0 Å². The fraction of sp³-hybridized carbons (Fsp3) is 0.571. The summed E-state index contributed by atoms with van der Waals surface area (Å²) in [7, 11) is 1.59. The standard InChI is InChI=1S/C14H18FNO3/c1-17-12-3-2-10(15)4-11(12)14(8-19-9-14)13(5-16)6-18-7-13/h2-4H,5-9,16H2,1H3. The van der Waals surface area contributed by atoms with E-state index in [1.165, 1.54) is 12.1 Å². The Hall–Kier alpha value is -1.17. The number of hydrogen-bond donors (Lipinski definition) is 1. The fourth-order valence-electron chi connectivity index (χ4n) is 3.05. The van der Waals surface area contributed by atoms with Crippen LogP contribution in [0.25, 0.3) is 0 Å². The molecule has 0 aliphatic carbocycles. The van der Waals surface area contributed by atoms with Gasteiger partial charge in [0.15, 0.2) is 0 Å². The highest BCUT2D eigenvalue weighted by atomic mass is 19.1. The topological polar surface area (TPSA) is 53.7 Å². The number of rotatable bonds is 4. The van der Waals surface area contributed by atoms with E-state index in [1.807, 2.05) is 0 Å². The van der Waals surface area contributed by atoms with Crippen molar-refractivity contribution in [3.8, 4) is 5.75 Å². The Morgan fingerprint density at radius 3 is 2.37 bits per heavy atom. The molecule has 3 rings (SSSR count). The van der Waals surface area contributed by atoms with Crippen LogP contribution in [0.2, 0.25) is 0 Å². The highest BCUT2D eigenvalue weighted by molar-refractivity contribution is 5.44. The molecule has 2 saturated heterocycles. The molecule has 2 aliphatic heterocycles.